The number of thiazole rings is 1. The molecule has 1 heterocycles. The standard InChI is InChI=1S/C14H11BrN2O2S2/c15-9-5-6-10(16)13(7-9)21(18,19)8-14-17-11-3-1-2-4-12(11)20-14/h1-7H,8,16H2. The van der Waals surface area contributed by atoms with Crippen LogP contribution in [0.15, 0.2) is 51.8 Å². The van der Waals surface area contributed by atoms with Gasteiger partial charge in [-0.25, -0.2) is 13.4 Å². The number of fused-ring (bicyclic) bond motifs is 1. The summed E-state index contributed by atoms with van der Waals surface area (Å²) in [5.74, 6) is -0.146. The molecule has 0 atom stereocenters. The van der Waals surface area contributed by atoms with Gasteiger partial charge < -0.3 is 5.73 Å². The molecule has 108 valence electrons. The molecule has 21 heavy (non-hydrogen) atoms. The van der Waals surface area contributed by atoms with Crippen LogP contribution in [0.5, 0.6) is 0 Å². The maximum atomic E-state index is 12.5. The second-order valence-electron chi connectivity index (χ2n) is 4.52. The highest BCUT2D eigenvalue weighted by molar-refractivity contribution is 9.10. The Kier molecular flexibility index (Phi) is 3.73. The van der Waals surface area contributed by atoms with Crippen molar-refractivity contribution in [3.05, 3.63) is 51.9 Å². The van der Waals surface area contributed by atoms with Gasteiger partial charge in [0, 0.05) is 4.47 Å². The van der Waals surface area contributed by atoms with E-state index in [1.807, 2.05) is 24.3 Å². The summed E-state index contributed by atoms with van der Waals surface area (Å²) in [6.45, 7) is 0. The topological polar surface area (TPSA) is 73.1 Å². The third-order valence-corrected chi connectivity index (χ3v) is 6.35. The fourth-order valence-electron chi connectivity index (χ4n) is 2.00. The summed E-state index contributed by atoms with van der Waals surface area (Å²) in [5, 5.41) is 0.565. The Balaban J connectivity index is 2.01. The van der Waals surface area contributed by atoms with Crippen LogP contribution in [0.1, 0.15) is 5.01 Å². The van der Waals surface area contributed by atoms with Gasteiger partial charge in [0.15, 0.2) is 9.84 Å². The molecule has 7 heteroatoms. The summed E-state index contributed by atoms with van der Waals surface area (Å²) in [4.78, 5) is 4.50. The van der Waals surface area contributed by atoms with Crippen LogP contribution in [0.3, 0.4) is 0 Å². The normalized spacial score (nSPS) is 11.9. The number of rotatable bonds is 3. The Morgan fingerprint density at radius 2 is 1.95 bits per heavy atom. The Bertz CT molecular complexity index is 887. The monoisotopic (exact) mass is 382 g/mol. The largest absolute Gasteiger partial charge is 0.398 e. The minimum Gasteiger partial charge on any atom is -0.398 e. The van der Waals surface area contributed by atoms with Gasteiger partial charge in [-0.2, -0.15) is 0 Å². The average Bonchev–Trinajstić information content (AvgIpc) is 2.82. The first-order valence-electron chi connectivity index (χ1n) is 6.08. The molecule has 2 N–H and O–H groups in total. The average molecular weight is 383 g/mol. The molecular formula is C14H11BrN2O2S2. The van der Waals surface area contributed by atoms with Crippen LogP contribution in [0, 0.1) is 0 Å². The van der Waals surface area contributed by atoms with Crippen LogP contribution in [0.25, 0.3) is 10.2 Å². The van der Waals surface area contributed by atoms with Crippen LogP contribution >= 0.6 is 27.3 Å². The van der Waals surface area contributed by atoms with Crippen molar-refractivity contribution in [1.82, 2.24) is 4.98 Å². The molecule has 0 saturated heterocycles. The number of nitrogen functional groups attached to an aromatic ring is 1. The SMILES string of the molecule is Nc1ccc(Br)cc1S(=O)(=O)Cc1nc2ccccc2s1. The number of benzene rings is 2. The van der Waals surface area contributed by atoms with E-state index in [0.717, 1.165) is 10.2 Å². The van der Waals surface area contributed by atoms with Crippen molar-refractivity contribution in [2.24, 2.45) is 0 Å². The molecule has 0 fully saturated rings. The molecule has 1 aromatic heterocycles. The van der Waals surface area contributed by atoms with E-state index in [4.69, 9.17) is 5.73 Å². The number of anilines is 1. The molecule has 4 nitrogen and oxygen atoms in total. The molecular weight excluding hydrogens is 372 g/mol. The third kappa shape index (κ3) is 2.95. The molecule has 0 aliphatic rings. The van der Waals surface area contributed by atoms with Gasteiger partial charge in [0.2, 0.25) is 0 Å². The Morgan fingerprint density at radius 1 is 1.19 bits per heavy atom. The van der Waals surface area contributed by atoms with Crippen molar-refractivity contribution >= 4 is 53.0 Å². The van der Waals surface area contributed by atoms with Gasteiger partial charge in [-0.3, -0.25) is 0 Å². The molecule has 3 rings (SSSR count). The maximum absolute atomic E-state index is 12.5. The highest BCUT2D eigenvalue weighted by Crippen LogP contribution is 2.29. The van der Waals surface area contributed by atoms with Gasteiger partial charge in [-0.15, -0.1) is 11.3 Å². The van der Waals surface area contributed by atoms with E-state index in [9.17, 15) is 8.42 Å². The Labute approximate surface area is 134 Å². The third-order valence-electron chi connectivity index (χ3n) is 2.96. The number of sulfone groups is 1. The Morgan fingerprint density at radius 3 is 2.71 bits per heavy atom. The zero-order valence-electron chi connectivity index (χ0n) is 10.8. The number of hydrogen-bond acceptors (Lipinski definition) is 5. The van der Waals surface area contributed by atoms with E-state index in [0.29, 0.717) is 9.48 Å². The zero-order chi connectivity index (χ0) is 15.0. The summed E-state index contributed by atoms with van der Waals surface area (Å²) in [7, 11) is -3.52. The molecule has 0 bridgehead atoms. The molecule has 0 aliphatic carbocycles. The van der Waals surface area contributed by atoms with Crippen LogP contribution < -0.4 is 5.73 Å². The lowest BCUT2D eigenvalue weighted by atomic mass is 10.3. The van der Waals surface area contributed by atoms with Gasteiger partial charge in [0.1, 0.15) is 10.8 Å². The molecule has 0 saturated carbocycles. The van der Waals surface area contributed by atoms with E-state index in [1.165, 1.54) is 17.4 Å². The number of nitrogens with zero attached hydrogens (tertiary/aromatic N) is 1. The summed E-state index contributed by atoms with van der Waals surface area (Å²) in [5.41, 5.74) is 6.85. The van der Waals surface area contributed by atoms with Crippen LogP contribution in [0.4, 0.5) is 5.69 Å². The zero-order valence-corrected chi connectivity index (χ0v) is 14.0. The summed E-state index contributed by atoms with van der Waals surface area (Å²) < 4.78 is 26.7. The Hall–Kier alpha value is -1.44. The lowest BCUT2D eigenvalue weighted by molar-refractivity contribution is 0.595. The van der Waals surface area contributed by atoms with E-state index in [2.05, 4.69) is 20.9 Å². The van der Waals surface area contributed by atoms with Crippen LogP contribution in [-0.4, -0.2) is 13.4 Å². The minimum atomic E-state index is -3.52. The number of halogens is 1. The van der Waals surface area contributed by atoms with Crippen molar-refractivity contribution in [2.75, 3.05) is 5.73 Å². The molecule has 0 radical (unpaired) electrons. The van der Waals surface area contributed by atoms with Crippen molar-refractivity contribution in [1.29, 1.82) is 0 Å². The lowest BCUT2D eigenvalue weighted by Crippen LogP contribution is -2.07. The smallest absolute Gasteiger partial charge is 0.186 e. The molecule has 0 amide bonds. The predicted molar refractivity (Wildman–Crippen MR) is 89.1 cm³/mol. The highest BCUT2D eigenvalue weighted by atomic mass is 79.9. The van der Waals surface area contributed by atoms with Crippen molar-refractivity contribution < 1.29 is 8.42 Å². The van der Waals surface area contributed by atoms with Gasteiger partial charge in [-0.05, 0) is 30.3 Å². The fraction of sp³-hybridized carbons (Fsp3) is 0.0714. The maximum Gasteiger partial charge on any atom is 0.186 e. The molecule has 2 aromatic carbocycles. The fourth-order valence-corrected chi connectivity index (χ4v) is 5.25. The second kappa shape index (κ2) is 5.40. The van der Waals surface area contributed by atoms with E-state index >= 15 is 0 Å². The van der Waals surface area contributed by atoms with Crippen LogP contribution in [0.2, 0.25) is 0 Å². The molecule has 3 aromatic rings. The summed E-state index contributed by atoms with van der Waals surface area (Å²) >= 11 is 4.66. The first-order valence-corrected chi connectivity index (χ1v) is 9.34. The van der Waals surface area contributed by atoms with Crippen molar-refractivity contribution in [3.63, 3.8) is 0 Å². The van der Waals surface area contributed by atoms with E-state index in [1.54, 1.807) is 12.1 Å². The number of hydrogen-bond donors (Lipinski definition) is 1. The number of aromatic nitrogens is 1. The first-order chi connectivity index (χ1) is 9.95. The number of nitrogens with two attached hydrogens (primary N) is 1. The summed E-state index contributed by atoms with van der Waals surface area (Å²) in [6.07, 6.45) is 0. The van der Waals surface area contributed by atoms with Crippen LogP contribution in [-0.2, 0) is 15.6 Å². The van der Waals surface area contributed by atoms with Gasteiger partial charge in [-0.1, -0.05) is 28.1 Å². The van der Waals surface area contributed by atoms with Gasteiger partial charge in [0.25, 0.3) is 0 Å². The minimum absolute atomic E-state index is 0.135. The van der Waals surface area contributed by atoms with Gasteiger partial charge >= 0.3 is 0 Å². The summed E-state index contributed by atoms with van der Waals surface area (Å²) in [6, 6.07) is 12.4. The predicted octanol–water partition coefficient (Wildman–Crippen LogP) is 3.61. The first kappa shape index (κ1) is 14.5. The highest BCUT2D eigenvalue weighted by Gasteiger charge is 2.21. The second-order valence-corrected chi connectivity index (χ2v) is 8.51. The quantitative estimate of drug-likeness (QED) is 0.702. The van der Waals surface area contributed by atoms with Crippen molar-refractivity contribution in [3.8, 4) is 0 Å². The van der Waals surface area contributed by atoms with Crippen molar-refractivity contribution in [2.45, 2.75) is 10.6 Å². The lowest BCUT2D eigenvalue weighted by Gasteiger charge is -2.06. The molecule has 0 spiro atoms. The van der Waals surface area contributed by atoms with E-state index in [-0.39, 0.29) is 16.3 Å². The molecule has 0 unspecified atom stereocenters. The number of para-hydroxylation sites is 1. The van der Waals surface area contributed by atoms with E-state index < -0.39 is 9.84 Å². The van der Waals surface area contributed by atoms with Gasteiger partial charge in [0.05, 0.1) is 20.8 Å². The molecule has 0 aliphatic heterocycles.